The van der Waals surface area contributed by atoms with Gasteiger partial charge in [0.2, 0.25) is 0 Å². The van der Waals surface area contributed by atoms with Crippen molar-refractivity contribution in [1.82, 2.24) is 4.98 Å². The lowest BCUT2D eigenvalue weighted by Crippen LogP contribution is -2.12. The Bertz CT molecular complexity index is 1070. The number of anilines is 1. The van der Waals surface area contributed by atoms with Crippen molar-refractivity contribution < 1.29 is 19.0 Å². The number of fused-ring (bicyclic) bond motifs is 1. The van der Waals surface area contributed by atoms with E-state index < -0.39 is 0 Å². The summed E-state index contributed by atoms with van der Waals surface area (Å²) in [4.78, 5) is 18.0. The number of hydrogen-bond donors (Lipinski definition) is 1. The number of benzene rings is 2. The summed E-state index contributed by atoms with van der Waals surface area (Å²) in [6.07, 6.45) is 0.794. The average molecular weight is 445 g/mol. The van der Waals surface area contributed by atoms with Crippen LogP contribution in [0.1, 0.15) is 28.7 Å². The van der Waals surface area contributed by atoms with Gasteiger partial charge in [0.15, 0.2) is 11.5 Å². The third-order valence-corrected chi connectivity index (χ3v) is 6.02. The number of carbonyl (C=O) groups excluding carboxylic acids is 1. The van der Waals surface area contributed by atoms with Crippen molar-refractivity contribution in [2.45, 2.75) is 20.3 Å². The summed E-state index contributed by atoms with van der Waals surface area (Å²) < 4.78 is 16.8. The minimum Gasteiger partial charge on any atom is -0.494 e. The van der Waals surface area contributed by atoms with Gasteiger partial charge in [0, 0.05) is 24.1 Å². The molecule has 1 N–H and O–H groups in total. The largest absolute Gasteiger partial charge is 0.494 e. The van der Waals surface area contributed by atoms with E-state index >= 15 is 0 Å². The molecule has 0 bridgehead atoms. The third-order valence-electron chi connectivity index (χ3n) is 4.50. The smallest absolute Gasteiger partial charge is 0.267 e. The first-order chi connectivity index (χ1) is 14.5. The highest BCUT2D eigenvalue weighted by Crippen LogP contribution is 2.38. The molecule has 1 aliphatic rings. The van der Waals surface area contributed by atoms with E-state index in [0.29, 0.717) is 52.6 Å². The molecule has 0 saturated heterocycles. The van der Waals surface area contributed by atoms with E-state index in [4.69, 9.17) is 25.8 Å². The van der Waals surface area contributed by atoms with Gasteiger partial charge in [0.25, 0.3) is 5.91 Å². The van der Waals surface area contributed by atoms with E-state index in [9.17, 15) is 4.79 Å². The Labute approximate surface area is 183 Å². The van der Waals surface area contributed by atoms with Crippen molar-refractivity contribution in [1.29, 1.82) is 0 Å². The van der Waals surface area contributed by atoms with E-state index in [-0.39, 0.29) is 5.91 Å². The Morgan fingerprint density at radius 2 is 1.90 bits per heavy atom. The number of ether oxygens (including phenoxy) is 3. The Morgan fingerprint density at radius 3 is 2.60 bits per heavy atom. The molecule has 0 fully saturated rings. The van der Waals surface area contributed by atoms with Crippen LogP contribution < -0.4 is 19.5 Å². The van der Waals surface area contributed by atoms with Gasteiger partial charge in [-0.05, 0) is 38.1 Å². The zero-order valence-electron chi connectivity index (χ0n) is 16.7. The van der Waals surface area contributed by atoms with Crippen molar-refractivity contribution in [3.8, 4) is 27.8 Å². The lowest BCUT2D eigenvalue weighted by molar-refractivity contribution is 0.103. The molecule has 0 atom stereocenters. The van der Waals surface area contributed by atoms with Gasteiger partial charge in [-0.2, -0.15) is 0 Å². The predicted octanol–water partition coefficient (Wildman–Crippen LogP) is 5.58. The summed E-state index contributed by atoms with van der Waals surface area (Å²) in [5, 5.41) is 4.03. The first kappa shape index (κ1) is 20.5. The first-order valence-electron chi connectivity index (χ1n) is 9.66. The summed E-state index contributed by atoms with van der Waals surface area (Å²) >= 11 is 7.69. The summed E-state index contributed by atoms with van der Waals surface area (Å²) in [5.74, 6) is 1.70. The normalized spacial score (nSPS) is 12.9. The molecular formula is C22H21ClN2O4S. The lowest BCUT2D eigenvalue weighted by Gasteiger charge is -2.12. The van der Waals surface area contributed by atoms with Gasteiger partial charge in [0.1, 0.15) is 15.6 Å². The minimum atomic E-state index is -0.265. The molecule has 1 aliphatic heterocycles. The molecule has 0 unspecified atom stereocenters. The number of thiazole rings is 1. The van der Waals surface area contributed by atoms with Crippen LogP contribution in [0.2, 0.25) is 5.02 Å². The third kappa shape index (κ3) is 4.37. The highest BCUT2D eigenvalue weighted by Gasteiger charge is 2.20. The molecule has 1 amide bonds. The fourth-order valence-electron chi connectivity index (χ4n) is 3.05. The second kappa shape index (κ2) is 8.93. The Morgan fingerprint density at radius 1 is 1.20 bits per heavy atom. The van der Waals surface area contributed by atoms with Crippen LogP contribution in [-0.4, -0.2) is 30.7 Å². The van der Waals surface area contributed by atoms with Crippen LogP contribution >= 0.6 is 22.9 Å². The number of hydrogen-bond acceptors (Lipinski definition) is 6. The van der Waals surface area contributed by atoms with Crippen molar-refractivity contribution in [2.75, 3.05) is 25.1 Å². The highest BCUT2D eigenvalue weighted by atomic mass is 35.5. The fraction of sp³-hybridized carbons (Fsp3) is 0.273. The molecule has 4 rings (SSSR count). The monoisotopic (exact) mass is 444 g/mol. The van der Waals surface area contributed by atoms with Gasteiger partial charge in [0.05, 0.1) is 36.2 Å². The number of nitrogens with zero attached hydrogens (tertiary/aromatic N) is 1. The Balaban J connectivity index is 1.55. The fourth-order valence-corrected chi connectivity index (χ4v) is 4.22. The van der Waals surface area contributed by atoms with Gasteiger partial charge >= 0.3 is 0 Å². The van der Waals surface area contributed by atoms with Crippen molar-refractivity contribution in [3.63, 3.8) is 0 Å². The van der Waals surface area contributed by atoms with Gasteiger partial charge in [-0.15, -0.1) is 11.3 Å². The molecule has 8 heteroatoms. The van der Waals surface area contributed by atoms with Crippen LogP contribution in [0.5, 0.6) is 17.2 Å². The predicted molar refractivity (Wildman–Crippen MR) is 118 cm³/mol. The van der Waals surface area contributed by atoms with Gasteiger partial charge in [-0.1, -0.05) is 11.6 Å². The van der Waals surface area contributed by atoms with E-state index in [1.54, 1.807) is 12.1 Å². The number of rotatable bonds is 5. The van der Waals surface area contributed by atoms with Crippen LogP contribution in [0.15, 0.2) is 36.4 Å². The molecule has 3 aromatic rings. The van der Waals surface area contributed by atoms with E-state index in [2.05, 4.69) is 10.3 Å². The maximum absolute atomic E-state index is 12.9. The molecule has 2 aromatic carbocycles. The van der Waals surface area contributed by atoms with Gasteiger partial charge in [-0.25, -0.2) is 4.98 Å². The quantitative estimate of drug-likeness (QED) is 0.556. The topological polar surface area (TPSA) is 69.7 Å². The number of amides is 1. The van der Waals surface area contributed by atoms with E-state index in [1.807, 2.05) is 38.1 Å². The van der Waals surface area contributed by atoms with E-state index in [0.717, 1.165) is 22.7 Å². The van der Waals surface area contributed by atoms with E-state index in [1.165, 1.54) is 11.3 Å². The summed E-state index contributed by atoms with van der Waals surface area (Å²) in [6.45, 7) is 5.50. The molecule has 156 valence electrons. The molecule has 30 heavy (non-hydrogen) atoms. The molecule has 2 heterocycles. The number of nitrogens with one attached hydrogen (secondary N) is 1. The Hall–Kier alpha value is -2.77. The van der Waals surface area contributed by atoms with Crippen molar-refractivity contribution in [2.24, 2.45) is 0 Å². The summed E-state index contributed by atoms with van der Waals surface area (Å²) in [5.41, 5.74) is 2.06. The maximum Gasteiger partial charge on any atom is 0.267 e. The molecule has 0 spiro atoms. The lowest BCUT2D eigenvalue weighted by atomic mass is 10.2. The van der Waals surface area contributed by atoms with Crippen LogP contribution in [0.25, 0.3) is 10.6 Å². The number of aromatic nitrogens is 1. The van der Waals surface area contributed by atoms with Crippen LogP contribution in [0.3, 0.4) is 0 Å². The van der Waals surface area contributed by atoms with Crippen LogP contribution in [-0.2, 0) is 0 Å². The van der Waals surface area contributed by atoms with Crippen LogP contribution in [0.4, 0.5) is 5.69 Å². The van der Waals surface area contributed by atoms with Crippen LogP contribution in [0, 0.1) is 6.92 Å². The molecular weight excluding hydrogens is 424 g/mol. The zero-order chi connectivity index (χ0) is 21.1. The number of aryl methyl sites for hydroxylation is 1. The minimum absolute atomic E-state index is 0.265. The summed E-state index contributed by atoms with van der Waals surface area (Å²) in [6, 6.07) is 11.0. The number of carbonyl (C=O) groups is 1. The molecule has 6 nitrogen and oxygen atoms in total. The SMILES string of the molecule is CCOc1ccc(-c2nc(C)c(C(=O)Nc3cc4c(cc3Cl)OCCCO4)s2)cc1. The highest BCUT2D eigenvalue weighted by molar-refractivity contribution is 7.17. The van der Waals surface area contributed by atoms with Crippen molar-refractivity contribution >= 4 is 34.5 Å². The summed E-state index contributed by atoms with van der Waals surface area (Å²) in [7, 11) is 0. The second-order valence-corrected chi connectivity index (χ2v) is 8.08. The molecule has 0 saturated carbocycles. The Kier molecular flexibility index (Phi) is 6.11. The van der Waals surface area contributed by atoms with Gasteiger partial charge < -0.3 is 19.5 Å². The molecule has 0 aliphatic carbocycles. The molecule has 1 aromatic heterocycles. The first-order valence-corrected chi connectivity index (χ1v) is 10.9. The standard InChI is InChI=1S/C22H21ClN2O4S/c1-3-27-15-7-5-14(6-8-15)22-24-13(2)20(30-22)21(26)25-17-12-19-18(11-16(17)23)28-9-4-10-29-19/h5-8,11-12H,3-4,9-10H2,1-2H3,(H,25,26). The zero-order valence-corrected chi connectivity index (χ0v) is 18.2. The van der Waals surface area contributed by atoms with Crippen molar-refractivity contribution in [3.05, 3.63) is 52.0 Å². The number of halogens is 1. The second-order valence-electron chi connectivity index (χ2n) is 6.67. The maximum atomic E-state index is 12.9. The molecule has 0 radical (unpaired) electrons. The average Bonchev–Trinajstić information content (AvgIpc) is 2.98. The van der Waals surface area contributed by atoms with Gasteiger partial charge in [-0.3, -0.25) is 4.79 Å².